The molecule has 1 atom stereocenters. The summed E-state index contributed by atoms with van der Waals surface area (Å²) in [6.45, 7) is 0.0278. The first kappa shape index (κ1) is 23.5. The van der Waals surface area contributed by atoms with Crippen molar-refractivity contribution in [3.63, 3.8) is 0 Å². The SMILES string of the molecule is NOC(C(=O)O)C(=O)OCC1c2ccccc2-c2ccccc21.O=C(O)CCC(=O)O. The molecule has 5 N–H and O–H groups in total. The molecule has 0 fully saturated rings. The first-order valence-corrected chi connectivity index (χ1v) is 9.13. The highest BCUT2D eigenvalue weighted by molar-refractivity contribution is 5.97. The van der Waals surface area contributed by atoms with Crippen LogP contribution in [0.5, 0.6) is 0 Å². The van der Waals surface area contributed by atoms with Crippen molar-refractivity contribution in [2.45, 2.75) is 24.9 Å². The first-order chi connectivity index (χ1) is 14.8. The van der Waals surface area contributed by atoms with Crippen molar-refractivity contribution in [2.24, 2.45) is 5.90 Å². The zero-order valence-corrected chi connectivity index (χ0v) is 16.3. The number of carboxylic acids is 3. The second kappa shape index (κ2) is 10.9. The van der Waals surface area contributed by atoms with Gasteiger partial charge in [0.15, 0.2) is 0 Å². The number of carboxylic acid groups (broad SMARTS) is 3. The monoisotopic (exact) mass is 431 g/mol. The number of hydrogen-bond acceptors (Lipinski definition) is 7. The van der Waals surface area contributed by atoms with Crippen molar-refractivity contribution in [3.05, 3.63) is 59.7 Å². The number of nitrogens with two attached hydrogens (primary N) is 1. The van der Waals surface area contributed by atoms with Crippen LogP contribution in [0.1, 0.15) is 29.9 Å². The van der Waals surface area contributed by atoms with E-state index >= 15 is 0 Å². The summed E-state index contributed by atoms with van der Waals surface area (Å²) in [5.74, 6) is 0.0427. The Morgan fingerprint density at radius 2 is 1.29 bits per heavy atom. The summed E-state index contributed by atoms with van der Waals surface area (Å²) in [7, 11) is 0. The molecule has 0 amide bonds. The van der Waals surface area contributed by atoms with Crippen LogP contribution in [-0.4, -0.2) is 51.9 Å². The smallest absolute Gasteiger partial charge is 0.349 e. The van der Waals surface area contributed by atoms with E-state index in [-0.39, 0.29) is 25.4 Å². The Labute approximate surface area is 176 Å². The van der Waals surface area contributed by atoms with Gasteiger partial charge in [0.05, 0.1) is 12.8 Å². The van der Waals surface area contributed by atoms with Gasteiger partial charge in [-0.3, -0.25) is 14.4 Å². The minimum atomic E-state index is -1.82. The zero-order valence-electron chi connectivity index (χ0n) is 16.3. The highest BCUT2D eigenvalue weighted by Crippen LogP contribution is 2.44. The number of rotatable bonds is 8. The maximum absolute atomic E-state index is 11.8. The molecule has 0 heterocycles. The zero-order chi connectivity index (χ0) is 23.0. The fraction of sp³-hybridized carbons (Fsp3) is 0.238. The molecule has 0 saturated carbocycles. The molecule has 10 heteroatoms. The largest absolute Gasteiger partial charge is 0.481 e. The number of esters is 1. The van der Waals surface area contributed by atoms with Gasteiger partial charge >= 0.3 is 23.9 Å². The van der Waals surface area contributed by atoms with Gasteiger partial charge in [0.1, 0.15) is 6.61 Å². The number of benzene rings is 2. The summed E-state index contributed by atoms with van der Waals surface area (Å²) in [6.07, 6.45) is -2.41. The summed E-state index contributed by atoms with van der Waals surface area (Å²) in [4.78, 5) is 46.1. The molecule has 0 radical (unpaired) electrons. The first-order valence-electron chi connectivity index (χ1n) is 9.13. The molecule has 0 spiro atoms. The summed E-state index contributed by atoms with van der Waals surface area (Å²) in [5.41, 5.74) is 4.27. The predicted molar refractivity (Wildman–Crippen MR) is 106 cm³/mol. The third-order valence-corrected chi connectivity index (χ3v) is 4.48. The molecule has 1 aliphatic carbocycles. The lowest BCUT2D eigenvalue weighted by molar-refractivity contribution is -0.170. The topological polar surface area (TPSA) is 173 Å². The van der Waals surface area contributed by atoms with Gasteiger partial charge in [-0.2, -0.15) is 0 Å². The van der Waals surface area contributed by atoms with Crippen molar-refractivity contribution >= 4 is 23.9 Å². The Kier molecular flexibility index (Phi) is 8.24. The summed E-state index contributed by atoms with van der Waals surface area (Å²) < 4.78 is 5.13. The lowest BCUT2D eigenvalue weighted by atomic mass is 9.98. The van der Waals surface area contributed by atoms with Gasteiger partial charge in [0.2, 0.25) is 0 Å². The van der Waals surface area contributed by atoms with Crippen LogP contribution in [0.15, 0.2) is 48.5 Å². The minimum Gasteiger partial charge on any atom is -0.481 e. The Morgan fingerprint density at radius 3 is 1.68 bits per heavy atom. The van der Waals surface area contributed by atoms with E-state index in [2.05, 4.69) is 4.84 Å². The molecule has 3 rings (SSSR count). The predicted octanol–water partition coefficient (Wildman–Crippen LogP) is 1.62. The molecule has 2 aromatic rings. The van der Waals surface area contributed by atoms with Gasteiger partial charge in [-0.25, -0.2) is 15.5 Å². The van der Waals surface area contributed by atoms with Crippen molar-refractivity contribution in [1.82, 2.24) is 0 Å². The molecule has 1 aliphatic rings. The van der Waals surface area contributed by atoms with Crippen molar-refractivity contribution in [3.8, 4) is 11.1 Å². The molecular formula is C21H21NO9. The van der Waals surface area contributed by atoms with Gasteiger partial charge in [-0.15, -0.1) is 0 Å². The Hall–Kier alpha value is -3.76. The molecule has 10 nitrogen and oxygen atoms in total. The second-order valence-corrected chi connectivity index (χ2v) is 6.50. The van der Waals surface area contributed by atoms with Gasteiger partial charge in [-0.05, 0) is 22.3 Å². The molecule has 0 saturated heterocycles. The van der Waals surface area contributed by atoms with Gasteiger partial charge in [0, 0.05) is 5.92 Å². The van der Waals surface area contributed by atoms with Crippen LogP contribution >= 0.6 is 0 Å². The standard InChI is InChI=1S/C17H15NO5.C4H6O4/c18-23-15(16(19)20)17(21)22-9-14-12-7-3-1-5-10(12)11-6-2-4-8-13(11)14;5-3(6)1-2-4(7)8/h1-8,14-15H,9,18H2,(H,19,20);1-2H2,(H,5,6)(H,7,8). The van der Waals surface area contributed by atoms with E-state index in [0.717, 1.165) is 22.3 Å². The van der Waals surface area contributed by atoms with Gasteiger partial charge in [-0.1, -0.05) is 48.5 Å². The summed E-state index contributed by atoms with van der Waals surface area (Å²) >= 11 is 0. The van der Waals surface area contributed by atoms with Crippen LogP contribution in [0.3, 0.4) is 0 Å². The summed E-state index contributed by atoms with van der Waals surface area (Å²) in [5, 5.41) is 24.6. The quantitative estimate of drug-likeness (QED) is 0.273. The van der Waals surface area contributed by atoms with Crippen LogP contribution in [0, 0.1) is 0 Å². The Morgan fingerprint density at radius 1 is 0.839 bits per heavy atom. The van der Waals surface area contributed by atoms with Gasteiger partial charge in [0.25, 0.3) is 6.10 Å². The molecule has 31 heavy (non-hydrogen) atoms. The van der Waals surface area contributed by atoms with Crippen LogP contribution in [0.4, 0.5) is 0 Å². The van der Waals surface area contributed by atoms with Crippen LogP contribution in [0.2, 0.25) is 0 Å². The highest BCUT2D eigenvalue weighted by atomic mass is 16.7. The fourth-order valence-corrected chi connectivity index (χ4v) is 3.11. The minimum absolute atomic E-state index is 0.0278. The Bertz CT molecular complexity index is 913. The fourth-order valence-electron chi connectivity index (χ4n) is 3.11. The maximum atomic E-state index is 11.8. The third kappa shape index (κ3) is 6.11. The van der Waals surface area contributed by atoms with E-state index in [4.69, 9.17) is 26.0 Å². The maximum Gasteiger partial charge on any atom is 0.349 e. The van der Waals surface area contributed by atoms with Crippen LogP contribution in [0.25, 0.3) is 11.1 Å². The molecule has 2 aromatic carbocycles. The number of carbonyl (C=O) groups is 4. The van der Waals surface area contributed by atoms with E-state index in [1.165, 1.54) is 0 Å². The van der Waals surface area contributed by atoms with E-state index in [1.54, 1.807) is 0 Å². The number of carbonyl (C=O) groups excluding carboxylic acids is 1. The lowest BCUT2D eigenvalue weighted by Crippen LogP contribution is -2.37. The molecular weight excluding hydrogens is 410 g/mol. The van der Waals surface area contributed by atoms with E-state index in [0.29, 0.717) is 0 Å². The van der Waals surface area contributed by atoms with Crippen LogP contribution < -0.4 is 5.90 Å². The summed E-state index contributed by atoms with van der Waals surface area (Å²) in [6, 6.07) is 15.7. The number of fused-ring (bicyclic) bond motifs is 3. The third-order valence-electron chi connectivity index (χ3n) is 4.48. The number of aliphatic carboxylic acids is 3. The molecule has 164 valence electrons. The average Bonchev–Trinajstić information content (AvgIpc) is 3.05. The molecule has 0 aliphatic heterocycles. The second-order valence-electron chi connectivity index (χ2n) is 6.50. The van der Waals surface area contributed by atoms with Crippen molar-refractivity contribution in [1.29, 1.82) is 0 Å². The van der Waals surface area contributed by atoms with Gasteiger partial charge < -0.3 is 20.1 Å². The van der Waals surface area contributed by atoms with E-state index in [9.17, 15) is 19.2 Å². The molecule has 0 bridgehead atoms. The average molecular weight is 431 g/mol. The van der Waals surface area contributed by atoms with Crippen LogP contribution in [-0.2, 0) is 28.8 Å². The van der Waals surface area contributed by atoms with Crippen molar-refractivity contribution < 1.29 is 44.1 Å². The van der Waals surface area contributed by atoms with E-state index < -0.39 is 30.0 Å². The number of hydrogen-bond donors (Lipinski definition) is 4. The normalized spacial score (nSPS) is 12.5. The Balaban J connectivity index is 0.000000366. The molecule has 0 aromatic heterocycles. The molecule has 1 unspecified atom stereocenters. The van der Waals surface area contributed by atoms with Crippen molar-refractivity contribution in [2.75, 3.05) is 6.61 Å². The lowest BCUT2D eigenvalue weighted by Gasteiger charge is -2.15. The highest BCUT2D eigenvalue weighted by Gasteiger charge is 2.32. The number of ether oxygens (including phenoxy) is 1. The van der Waals surface area contributed by atoms with E-state index in [1.807, 2.05) is 48.5 Å².